The Morgan fingerprint density at radius 3 is 2.36 bits per heavy atom. The Hall–Kier alpha value is -3.32. The molecule has 0 radical (unpaired) electrons. The first-order chi connectivity index (χ1) is 13.4. The molecular weight excluding hydrogens is 378 g/mol. The van der Waals surface area contributed by atoms with E-state index >= 15 is 0 Å². The number of hydrogen-bond acceptors (Lipinski definition) is 4. The number of nitrogens with one attached hydrogen (secondary N) is 2. The normalized spacial score (nSPS) is 10.4. The van der Waals surface area contributed by atoms with E-state index < -0.39 is 11.8 Å². The highest BCUT2D eigenvalue weighted by molar-refractivity contribution is 6.33. The second-order valence-electron chi connectivity index (χ2n) is 6.35. The smallest absolute Gasteiger partial charge is 0.274 e. The molecule has 144 valence electrons. The summed E-state index contributed by atoms with van der Waals surface area (Å²) < 4.78 is 1.48. The van der Waals surface area contributed by atoms with Gasteiger partial charge in [-0.1, -0.05) is 35.9 Å². The van der Waals surface area contributed by atoms with E-state index in [0.717, 1.165) is 11.4 Å². The SMILES string of the molecule is Cc1nn(-c2ccccc2)c(Cl)c1C(=O)NNC(=O)c1cccc(N(C)C)c1. The number of amides is 2. The number of hydrazine groups is 1. The van der Waals surface area contributed by atoms with Crippen LogP contribution in [0.2, 0.25) is 5.15 Å². The molecule has 0 bridgehead atoms. The summed E-state index contributed by atoms with van der Waals surface area (Å²) in [4.78, 5) is 26.8. The lowest BCUT2D eigenvalue weighted by Gasteiger charge is -2.13. The van der Waals surface area contributed by atoms with Gasteiger partial charge in [-0.2, -0.15) is 5.10 Å². The number of aryl methyl sites for hydroxylation is 1. The number of aromatic nitrogens is 2. The van der Waals surface area contributed by atoms with Gasteiger partial charge >= 0.3 is 0 Å². The van der Waals surface area contributed by atoms with Crippen LogP contribution in [0.25, 0.3) is 5.69 Å². The van der Waals surface area contributed by atoms with E-state index in [0.29, 0.717) is 11.3 Å². The van der Waals surface area contributed by atoms with Crippen LogP contribution in [-0.4, -0.2) is 35.7 Å². The minimum absolute atomic E-state index is 0.171. The van der Waals surface area contributed by atoms with Crippen molar-refractivity contribution in [3.8, 4) is 5.69 Å². The first kappa shape index (κ1) is 19.4. The van der Waals surface area contributed by atoms with Crippen molar-refractivity contribution in [1.82, 2.24) is 20.6 Å². The molecule has 8 heteroatoms. The Labute approximate surface area is 167 Å². The highest BCUT2D eigenvalue weighted by atomic mass is 35.5. The standard InChI is InChI=1S/C20H20ClN5O2/c1-13-17(18(21)26(24-13)15-9-5-4-6-10-15)20(28)23-22-19(27)14-8-7-11-16(12-14)25(2)3/h4-12H,1-3H3,(H,22,27)(H,23,28). The quantitative estimate of drug-likeness (QED) is 0.663. The van der Waals surface area contributed by atoms with Crippen molar-refractivity contribution < 1.29 is 9.59 Å². The number of anilines is 1. The van der Waals surface area contributed by atoms with Crippen LogP contribution in [0, 0.1) is 6.92 Å². The molecule has 3 rings (SSSR count). The monoisotopic (exact) mass is 397 g/mol. The predicted octanol–water partition coefficient (Wildman–Crippen LogP) is 2.97. The van der Waals surface area contributed by atoms with Gasteiger partial charge in [0.1, 0.15) is 10.7 Å². The van der Waals surface area contributed by atoms with E-state index in [1.165, 1.54) is 4.68 Å². The third-order valence-electron chi connectivity index (χ3n) is 4.15. The fourth-order valence-corrected chi connectivity index (χ4v) is 3.03. The van der Waals surface area contributed by atoms with Gasteiger partial charge in [0.15, 0.2) is 0 Å². The molecule has 0 aliphatic carbocycles. The largest absolute Gasteiger partial charge is 0.378 e. The van der Waals surface area contributed by atoms with Gasteiger partial charge in [-0.25, -0.2) is 4.68 Å². The van der Waals surface area contributed by atoms with Crippen molar-refractivity contribution in [3.05, 3.63) is 76.6 Å². The van der Waals surface area contributed by atoms with Gasteiger partial charge in [-0.15, -0.1) is 0 Å². The Balaban J connectivity index is 1.74. The van der Waals surface area contributed by atoms with E-state index in [-0.39, 0.29) is 10.7 Å². The summed E-state index contributed by atoms with van der Waals surface area (Å²) in [5, 5.41) is 4.49. The molecule has 3 aromatic rings. The zero-order valence-corrected chi connectivity index (χ0v) is 16.5. The summed E-state index contributed by atoms with van der Waals surface area (Å²) in [7, 11) is 3.77. The molecule has 0 fully saturated rings. The third-order valence-corrected chi connectivity index (χ3v) is 4.50. The number of carbonyl (C=O) groups is 2. The topological polar surface area (TPSA) is 79.3 Å². The number of nitrogens with zero attached hydrogens (tertiary/aromatic N) is 3. The van der Waals surface area contributed by atoms with E-state index in [1.807, 2.05) is 55.4 Å². The average molecular weight is 398 g/mol. The summed E-state index contributed by atoms with van der Waals surface area (Å²) in [6.45, 7) is 1.68. The first-order valence-corrected chi connectivity index (χ1v) is 8.95. The molecule has 0 unspecified atom stereocenters. The van der Waals surface area contributed by atoms with E-state index in [1.54, 1.807) is 25.1 Å². The van der Waals surface area contributed by atoms with Crippen molar-refractivity contribution in [2.24, 2.45) is 0 Å². The Morgan fingerprint density at radius 2 is 1.68 bits per heavy atom. The summed E-state index contributed by atoms with van der Waals surface area (Å²) >= 11 is 6.37. The molecule has 0 spiro atoms. The van der Waals surface area contributed by atoms with Gasteiger partial charge in [-0.3, -0.25) is 20.4 Å². The Bertz CT molecular complexity index is 1010. The fraction of sp³-hybridized carbons (Fsp3) is 0.150. The molecule has 28 heavy (non-hydrogen) atoms. The predicted molar refractivity (Wildman–Crippen MR) is 109 cm³/mol. The summed E-state index contributed by atoms with van der Waals surface area (Å²) in [6.07, 6.45) is 0. The van der Waals surface area contributed by atoms with Gasteiger partial charge in [0.2, 0.25) is 0 Å². The zero-order chi connectivity index (χ0) is 20.3. The van der Waals surface area contributed by atoms with Crippen LogP contribution in [0.4, 0.5) is 5.69 Å². The van der Waals surface area contributed by atoms with Crippen LogP contribution >= 0.6 is 11.6 Å². The van der Waals surface area contributed by atoms with Crippen LogP contribution in [0.3, 0.4) is 0 Å². The number of hydrogen-bond donors (Lipinski definition) is 2. The van der Waals surface area contributed by atoms with Gasteiger partial charge in [-0.05, 0) is 37.3 Å². The average Bonchev–Trinajstić information content (AvgIpc) is 3.00. The van der Waals surface area contributed by atoms with Crippen molar-refractivity contribution >= 4 is 29.1 Å². The molecular formula is C20H20ClN5O2. The maximum atomic E-state index is 12.6. The van der Waals surface area contributed by atoms with Crippen molar-refractivity contribution in [3.63, 3.8) is 0 Å². The lowest BCUT2D eigenvalue weighted by atomic mass is 10.2. The van der Waals surface area contributed by atoms with Gasteiger partial charge < -0.3 is 4.90 Å². The molecule has 2 aromatic carbocycles. The lowest BCUT2D eigenvalue weighted by molar-refractivity contribution is 0.0846. The van der Waals surface area contributed by atoms with Gasteiger partial charge in [0.05, 0.1) is 11.4 Å². The van der Waals surface area contributed by atoms with Crippen LogP contribution in [-0.2, 0) is 0 Å². The molecule has 2 N–H and O–H groups in total. The summed E-state index contributed by atoms with van der Waals surface area (Å²) in [5.41, 5.74) is 7.51. The van der Waals surface area contributed by atoms with E-state index in [9.17, 15) is 9.59 Å². The Kier molecular flexibility index (Phi) is 5.65. The molecule has 0 saturated carbocycles. The maximum Gasteiger partial charge on any atom is 0.274 e. The third kappa shape index (κ3) is 3.99. The van der Waals surface area contributed by atoms with Crippen LogP contribution in [0.15, 0.2) is 54.6 Å². The first-order valence-electron chi connectivity index (χ1n) is 8.57. The zero-order valence-electron chi connectivity index (χ0n) is 15.7. The minimum atomic E-state index is -0.540. The molecule has 0 atom stereocenters. The number of rotatable bonds is 4. The van der Waals surface area contributed by atoms with Crippen molar-refractivity contribution in [2.75, 3.05) is 19.0 Å². The molecule has 0 aliphatic heterocycles. The Morgan fingerprint density at radius 1 is 1.00 bits per heavy atom. The van der Waals surface area contributed by atoms with Crippen LogP contribution < -0.4 is 15.8 Å². The van der Waals surface area contributed by atoms with Gasteiger partial charge in [0.25, 0.3) is 11.8 Å². The second-order valence-corrected chi connectivity index (χ2v) is 6.71. The summed E-state index contributed by atoms with van der Waals surface area (Å²) in [6, 6.07) is 16.3. The molecule has 7 nitrogen and oxygen atoms in total. The molecule has 0 aliphatic rings. The number of para-hydroxylation sites is 1. The van der Waals surface area contributed by atoms with Crippen LogP contribution in [0.1, 0.15) is 26.4 Å². The number of carbonyl (C=O) groups excluding carboxylic acids is 2. The lowest BCUT2D eigenvalue weighted by Crippen LogP contribution is -2.41. The fourth-order valence-electron chi connectivity index (χ4n) is 2.67. The van der Waals surface area contributed by atoms with E-state index in [2.05, 4.69) is 16.0 Å². The molecule has 2 amide bonds. The van der Waals surface area contributed by atoms with Crippen molar-refractivity contribution in [2.45, 2.75) is 6.92 Å². The molecule has 0 saturated heterocycles. The highest BCUT2D eigenvalue weighted by Crippen LogP contribution is 2.23. The second kappa shape index (κ2) is 8.14. The molecule has 1 aromatic heterocycles. The highest BCUT2D eigenvalue weighted by Gasteiger charge is 2.21. The minimum Gasteiger partial charge on any atom is -0.378 e. The molecule has 1 heterocycles. The number of benzene rings is 2. The van der Waals surface area contributed by atoms with Crippen LogP contribution in [0.5, 0.6) is 0 Å². The number of halogens is 1. The van der Waals surface area contributed by atoms with Crippen molar-refractivity contribution in [1.29, 1.82) is 0 Å². The maximum absolute atomic E-state index is 12.6. The van der Waals surface area contributed by atoms with Gasteiger partial charge in [0, 0.05) is 25.3 Å². The van der Waals surface area contributed by atoms with E-state index in [4.69, 9.17) is 11.6 Å². The summed E-state index contributed by atoms with van der Waals surface area (Å²) in [5.74, 6) is -0.969.